The van der Waals surface area contributed by atoms with Crippen LogP contribution in [0.5, 0.6) is 0 Å². The van der Waals surface area contributed by atoms with Crippen molar-refractivity contribution in [3.63, 3.8) is 0 Å². The molecule has 3 N–H and O–H groups in total. The van der Waals surface area contributed by atoms with Gasteiger partial charge in [0.05, 0.1) is 6.04 Å². The van der Waals surface area contributed by atoms with Gasteiger partial charge in [-0.1, -0.05) is 27.7 Å². The fourth-order valence-electron chi connectivity index (χ4n) is 1.21. The highest BCUT2D eigenvalue weighted by Gasteiger charge is 2.22. The molecule has 0 spiro atoms. The van der Waals surface area contributed by atoms with E-state index in [-0.39, 0.29) is 17.2 Å². The summed E-state index contributed by atoms with van der Waals surface area (Å²) in [6, 6.07) is -0.418. The minimum Gasteiger partial charge on any atom is -0.385 e. The molecule has 1 unspecified atom stereocenters. The minimum absolute atomic E-state index is 0.0440. The molecule has 96 valence electrons. The van der Waals surface area contributed by atoms with Gasteiger partial charge in [0, 0.05) is 20.3 Å². The lowest BCUT2D eigenvalue weighted by atomic mass is 9.89. The molecule has 0 saturated carbocycles. The Hall–Kier alpha value is -0.610. The number of carbonyl (C=O) groups is 1. The molecule has 1 amide bonds. The lowest BCUT2D eigenvalue weighted by Gasteiger charge is -2.26. The molecular weight excluding hydrogens is 204 g/mol. The van der Waals surface area contributed by atoms with Crippen LogP contribution in [0.3, 0.4) is 0 Å². The molecule has 4 nitrogen and oxygen atoms in total. The Bertz CT molecular complexity index is 215. The quantitative estimate of drug-likeness (QED) is 0.689. The van der Waals surface area contributed by atoms with E-state index in [9.17, 15) is 4.79 Å². The zero-order valence-corrected chi connectivity index (χ0v) is 11.2. The molecule has 0 aliphatic heterocycles. The summed E-state index contributed by atoms with van der Waals surface area (Å²) in [5.74, 6) is 0.0996. The average Bonchev–Trinajstić information content (AvgIpc) is 2.22. The number of amides is 1. The number of nitrogens with two attached hydrogens (primary N) is 1. The summed E-state index contributed by atoms with van der Waals surface area (Å²) < 4.78 is 5.03. The van der Waals surface area contributed by atoms with Gasteiger partial charge in [0.1, 0.15) is 0 Å². The fraction of sp³-hybridized carbons (Fsp3) is 0.917. The first kappa shape index (κ1) is 15.4. The summed E-state index contributed by atoms with van der Waals surface area (Å²) in [6.45, 7) is 9.44. The first-order valence-electron chi connectivity index (χ1n) is 5.82. The zero-order valence-electron chi connectivity index (χ0n) is 11.2. The molecule has 0 aliphatic rings. The summed E-state index contributed by atoms with van der Waals surface area (Å²) in [5.41, 5.74) is 5.80. The Labute approximate surface area is 98.9 Å². The smallest absolute Gasteiger partial charge is 0.237 e. The van der Waals surface area contributed by atoms with Crippen molar-refractivity contribution in [3.8, 4) is 0 Å². The van der Waals surface area contributed by atoms with E-state index in [1.54, 1.807) is 7.11 Å². The van der Waals surface area contributed by atoms with Crippen LogP contribution in [0.4, 0.5) is 0 Å². The highest BCUT2D eigenvalue weighted by atomic mass is 16.5. The van der Waals surface area contributed by atoms with Crippen LogP contribution in [0.25, 0.3) is 0 Å². The molecule has 0 aromatic carbocycles. The Morgan fingerprint density at radius 1 is 1.44 bits per heavy atom. The summed E-state index contributed by atoms with van der Waals surface area (Å²) in [5, 5.41) is 2.89. The third kappa shape index (κ3) is 6.08. The van der Waals surface area contributed by atoms with Crippen LogP contribution in [0.1, 0.15) is 34.1 Å². The molecule has 0 fully saturated rings. The van der Waals surface area contributed by atoms with Gasteiger partial charge in [-0.2, -0.15) is 0 Å². The van der Waals surface area contributed by atoms with E-state index < -0.39 is 6.04 Å². The SMILES string of the molecule is COCCC(C)(C)CNC(=O)C(N)C(C)C. The van der Waals surface area contributed by atoms with Crippen molar-refractivity contribution in [2.45, 2.75) is 40.2 Å². The van der Waals surface area contributed by atoms with E-state index in [1.165, 1.54) is 0 Å². The summed E-state index contributed by atoms with van der Waals surface area (Å²) >= 11 is 0. The van der Waals surface area contributed by atoms with Crippen molar-refractivity contribution in [1.29, 1.82) is 0 Å². The van der Waals surface area contributed by atoms with Crippen molar-refractivity contribution in [2.24, 2.45) is 17.1 Å². The van der Waals surface area contributed by atoms with Crippen LogP contribution < -0.4 is 11.1 Å². The maximum Gasteiger partial charge on any atom is 0.237 e. The number of ether oxygens (including phenoxy) is 1. The van der Waals surface area contributed by atoms with Crippen molar-refractivity contribution in [1.82, 2.24) is 5.32 Å². The van der Waals surface area contributed by atoms with Gasteiger partial charge < -0.3 is 15.8 Å². The molecule has 0 bridgehead atoms. The molecule has 0 saturated heterocycles. The minimum atomic E-state index is -0.418. The summed E-state index contributed by atoms with van der Waals surface area (Å²) in [7, 11) is 1.68. The molecule has 0 aromatic heterocycles. The molecular formula is C12H26N2O2. The lowest BCUT2D eigenvalue weighted by molar-refractivity contribution is -0.123. The predicted molar refractivity (Wildman–Crippen MR) is 66.1 cm³/mol. The van der Waals surface area contributed by atoms with Crippen LogP contribution in [0.2, 0.25) is 0 Å². The van der Waals surface area contributed by atoms with E-state index in [1.807, 2.05) is 13.8 Å². The second kappa shape index (κ2) is 6.86. The monoisotopic (exact) mass is 230 g/mol. The molecule has 1 atom stereocenters. The number of nitrogens with one attached hydrogen (secondary N) is 1. The van der Waals surface area contributed by atoms with Crippen molar-refractivity contribution >= 4 is 5.91 Å². The molecule has 0 aromatic rings. The normalized spacial score (nSPS) is 13.9. The van der Waals surface area contributed by atoms with Crippen LogP contribution in [0.15, 0.2) is 0 Å². The Morgan fingerprint density at radius 2 is 2.00 bits per heavy atom. The standard InChI is InChI=1S/C12H26N2O2/c1-9(2)10(13)11(15)14-8-12(3,4)6-7-16-5/h9-10H,6-8,13H2,1-5H3,(H,14,15). The number of hydrogen-bond acceptors (Lipinski definition) is 3. The molecule has 0 rings (SSSR count). The number of hydrogen-bond donors (Lipinski definition) is 2. The second-order valence-corrected chi connectivity index (χ2v) is 5.39. The van der Waals surface area contributed by atoms with Gasteiger partial charge in [-0.15, -0.1) is 0 Å². The van der Waals surface area contributed by atoms with Crippen molar-refractivity contribution in [2.75, 3.05) is 20.3 Å². The third-order valence-corrected chi connectivity index (χ3v) is 2.75. The first-order chi connectivity index (χ1) is 7.30. The van der Waals surface area contributed by atoms with Gasteiger partial charge in [0.15, 0.2) is 0 Å². The average molecular weight is 230 g/mol. The Balaban J connectivity index is 3.99. The van der Waals surface area contributed by atoms with E-state index >= 15 is 0 Å². The molecule has 16 heavy (non-hydrogen) atoms. The number of carbonyl (C=O) groups excluding carboxylic acids is 1. The molecule has 0 radical (unpaired) electrons. The Kier molecular flexibility index (Phi) is 6.60. The first-order valence-corrected chi connectivity index (χ1v) is 5.82. The highest BCUT2D eigenvalue weighted by molar-refractivity contribution is 5.81. The van der Waals surface area contributed by atoms with Gasteiger partial charge in [0.2, 0.25) is 5.91 Å². The van der Waals surface area contributed by atoms with E-state index in [0.717, 1.165) is 6.42 Å². The van der Waals surface area contributed by atoms with Crippen LogP contribution in [-0.4, -0.2) is 32.2 Å². The van der Waals surface area contributed by atoms with Crippen molar-refractivity contribution < 1.29 is 9.53 Å². The summed E-state index contributed by atoms with van der Waals surface area (Å²) in [6.07, 6.45) is 0.917. The van der Waals surface area contributed by atoms with Gasteiger partial charge in [-0.05, 0) is 17.8 Å². The van der Waals surface area contributed by atoms with E-state index in [0.29, 0.717) is 13.2 Å². The van der Waals surface area contributed by atoms with E-state index in [2.05, 4.69) is 19.2 Å². The largest absolute Gasteiger partial charge is 0.385 e. The van der Waals surface area contributed by atoms with Crippen LogP contribution in [0, 0.1) is 11.3 Å². The summed E-state index contributed by atoms with van der Waals surface area (Å²) in [4.78, 5) is 11.6. The third-order valence-electron chi connectivity index (χ3n) is 2.75. The number of rotatable bonds is 7. The second-order valence-electron chi connectivity index (χ2n) is 5.39. The van der Waals surface area contributed by atoms with Crippen LogP contribution >= 0.6 is 0 Å². The fourth-order valence-corrected chi connectivity index (χ4v) is 1.21. The maximum atomic E-state index is 11.6. The highest BCUT2D eigenvalue weighted by Crippen LogP contribution is 2.18. The van der Waals surface area contributed by atoms with Gasteiger partial charge in [0.25, 0.3) is 0 Å². The Morgan fingerprint density at radius 3 is 2.44 bits per heavy atom. The molecule has 0 aliphatic carbocycles. The van der Waals surface area contributed by atoms with Crippen molar-refractivity contribution in [3.05, 3.63) is 0 Å². The molecule has 0 heterocycles. The number of methoxy groups -OCH3 is 1. The van der Waals surface area contributed by atoms with Gasteiger partial charge in [-0.3, -0.25) is 4.79 Å². The lowest BCUT2D eigenvalue weighted by Crippen LogP contribution is -2.46. The topological polar surface area (TPSA) is 64.3 Å². The van der Waals surface area contributed by atoms with Gasteiger partial charge in [-0.25, -0.2) is 0 Å². The van der Waals surface area contributed by atoms with Gasteiger partial charge >= 0.3 is 0 Å². The maximum absolute atomic E-state index is 11.6. The zero-order chi connectivity index (χ0) is 12.8. The molecule has 4 heteroatoms. The van der Waals surface area contributed by atoms with E-state index in [4.69, 9.17) is 10.5 Å². The predicted octanol–water partition coefficient (Wildman–Crippen LogP) is 1.15. The van der Waals surface area contributed by atoms with Crippen LogP contribution in [-0.2, 0) is 9.53 Å².